The summed E-state index contributed by atoms with van der Waals surface area (Å²) in [4.78, 5) is 36.6. The summed E-state index contributed by atoms with van der Waals surface area (Å²) in [7, 11) is 0. The molecule has 12 heteroatoms. The van der Waals surface area contributed by atoms with E-state index in [-0.39, 0.29) is 61.6 Å². The maximum atomic E-state index is 13.6. The Morgan fingerprint density at radius 3 is 2.53 bits per heavy atom. The van der Waals surface area contributed by atoms with Crippen LogP contribution in [0.1, 0.15) is 74.5 Å². The Hall–Kier alpha value is -3.02. The molecule has 5 rings (SSSR count). The Bertz CT molecular complexity index is 1190. The van der Waals surface area contributed by atoms with Crippen LogP contribution in [0.15, 0.2) is 18.5 Å². The molecule has 2 amide bonds. The van der Waals surface area contributed by atoms with Crippen molar-refractivity contribution in [3.63, 3.8) is 0 Å². The number of hydrogen-bond donors (Lipinski definition) is 2. The third kappa shape index (κ3) is 5.02. The fourth-order valence-electron chi connectivity index (χ4n) is 5.99. The van der Waals surface area contributed by atoms with Gasteiger partial charge in [0, 0.05) is 36.3 Å². The molecule has 1 atom stereocenters. The van der Waals surface area contributed by atoms with Crippen LogP contribution in [-0.4, -0.2) is 73.4 Å². The molecular formula is C26H33F3N6O3. The first-order valence-corrected chi connectivity index (χ1v) is 13.2. The second-order valence-electron chi connectivity index (χ2n) is 10.8. The molecule has 2 aromatic rings. The molecular weight excluding hydrogens is 501 g/mol. The van der Waals surface area contributed by atoms with Gasteiger partial charge in [0.25, 0.3) is 5.91 Å². The van der Waals surface area contributed by atoms with Gasteiger partial charge in [-0.2, -0.15) is 18.3 Å². The number of aryl methyl sites for hydroxylation is 1. The lowest BCUT2D eigenvalue weighted by atomic mass is 9.80. The van der Waals surface area contributed by atoms with Crippen molar-refractivity contribution in [2.45, 2.75) is 88.6 Å². The zero-order valence-electron chi connectivity index (χ0n) is 21.6. The highest BCUT2D eigenvalue weighted by atomic mass is 19.4. The summed E-state index contributed by atoms with van der Waals surface area (Å²) < 4.78 is 46.0. The fraction of sp³-hybridized carbons (Fsp3) is 0.654. The summed E-state index contributed by atoms with van der Waals surface area (Å²) in [5, 5.41) is 10.1. The number of carbonyl (C=O) groups excluding carboxylic acids is 2. The van der Waals surface area contributed by atoms with Crippen molar-refractivity contribution in [2.24, 2.45) is 5.92 Å². The van der Waals surface area contributed by atoms with Crippen LogP contribution < -0.4 is 5.32 Å². The summed E-state index contributed by atoms with van der Waals surface area (Å²) >= 11 is 0. The number of nitrogens with one attached hydrogen (secondary N) is 2. The number of rotatable bonds is 6. The molecule has 0 unspecified atom stereocenters. The van der Waals surface area contributed by atoms with E-state index < -0.39 is 11.8 Å². The van der Waals surface area contributed by atoms with E-state index in [9.17, 15) is 22.8 Å². The van der Waals surface area contributed by atoms with Gasteiger partial charge in [-0.3, -0.25) is 14.7 Å². The second-order valence-corrected chi connectivity index (χ2v) is 10.8. The van der Waals surface area contributed by atoms with Gasteiger partial charge in [-0.15, -0.1) is 0 Å². The van der Waals surface area contributed by atoms with E-state index in [4.69, 9.17) is 4.74 Å². The number of alkyl halides is 3. The van der Waals surface area contributed by atoms with Crippen molar-refractivity contribution in [1.29, 1.82) is 0 Å². The monoisotopic (exact) mass is 534 g/mol. The van der Waals surface area contributed by atoms with Crippen molar-refractivity contribution in [3.8, 4) is 11.4 Å². The van der Waals surface area contributed by atoms with E-state index in [0.717, 1.165) is 18.5 Å². The maximum absolute atomic E-state index is 13.6. The lowest BCUT2D eigenvalue weighted by Crippen LogP contribution is -2.55. The van der Waals surface area contributed by atoms with Gasteiger partial charge in [0.2, 0.25) is 5.91 Å². The third-order valence-electron chi connectivity index (χ3n) is 8.30. The highest BCUT2D eigenvalue weighted by Gasteiger charge is 2.57. The number of ether oxygens (including phenoxy) is 1. The van der Waals surface area contributed by atoms with Gasteiger partial charge in [0.1, 0.15) is 6.33 Å². The van der Waals surface area contributed by atoms with Gasteiger partial charge in [0.05, 0.1) is 11.4 Å². The van der Waals surface area contributed by atoms with Crippen molar-refractivity contribution >= 4 is 11.8 Å². The standard InChI is InChI=1S/C26H33F3N6O3/c1-3-38-25(26(27,28)29)7-4-18(5-8-25)32-22(36)17-6-11-35(24(14-17)9-10-24)23(37)21-13-20(33-34-21)19-12-16(2)30-15-31-19/h12-13,15,17-18H,3-11,14H2,1-2H3,(H,32,36)(H,33,34)/t17-,18-,25-/m1/s1. The zero-order chi connectivity index (χ0) is 27.1. The van der Waals surface area contributed by atoms with E-state index in [2.05, 4.69) is 25.5 Å². The Balaban J connectivity index is 1.18. The van der Waals surface area contributed by atoms with Crippen molar-refractivity contribution in [2.75, 3.05) is 13.2 Å². The molecule has 3 fully saturated rings. The predicted molar refractivity (Wildman–Crippen MR) is 131 cm³/mol. The van der Waals surface area contributed by atoms with E-state index in [1.807, 2.05) is 11.8 Å². The number of hydrogen-bond acceptors (Lipinski definition) is 6. The highest BCUT2D eigenvalue weighted by Crippen LogP contribution is 2.51. The van der Waals surface area contributed by atoms with Crippen LogP contribution in [0.4, 0.5) is 13.2 Å². The van der Waals surface area contributed by atoms with E-state index in [1.165, 1.54) is 6.33 Å². The molecule has 0 radical (unpaired) electrons. The van der Waals surface area contributed by atoms with Crippen LogP contribution in [-0.2, 0) is 9.53 Å². The minimum absolute atomic E-state index is 0.00417. The Morgan fingerprint density at radius 2 is 1.89 bits per heavy atom. The summed E-state index contributed by atoms with van der Waals surface area (Å²) in [6, 6.07) is 3.19. The quantitative estimate of drug-likeness (QED) is 0.580. The smallest absolute Gasteiger partial charge is 0.366 e. The number of carbonyl (C=O) groups is 2. The van der Waals surface area contributed by atoms with Gasteiger partial charge in [-0.25, -0.2) is 9.97 Å². The molecule has 0 bridgehead atoms. The number of aromatic amines is 1. The zero-order valence-corrected chi connectivity index (χ0v) is 21.6. The van der Waals surface area contributed by atoms with Crippen molar-refractivity contribution in [3.05, 3.63) is 29.8 Å². The molecule has 1 spiro atoms. The Labute approximate surface area is 218 Å². The lowest BCUT2D eigenvalue weighted by Gasteiger charge is -2.42. The average molecular weight is 535 g/mol. The number of nitrogens with zero attached hydrogens (tertiary/aromatic N) is 4. The summed E-state index contributed by atoms with van der Waals surface area (Å²) in [5.74, 6) is -0.590. The summed E-state index contributed by atoms with van der Waals surface area (Å²) in [6.45, 7) is 3.85. The van der Waals surface area contributed by atoms with Crippen LogP contribution in [0.5, 0.6) is 0 Å². The van der Waals surface area contributed by atoms with E-state index >= 15 is 0 Å². The second kappa shape index (κ2) is 9.94. The number of piperidine rings is 1. The van der Waals surface area contributed by atoms with Crippen LogP contribution in [0, 0.1) is 12.8 Å². The molecule has 2 saturated carbocycles. The van der Waals surface area contributed by atoms with E-state index in [1.54, 1.807) is 19.1 Å². The number of halogens is 3. The number of likely N-dealkylation sites (tertiary alicyclic amines) is 1. The lowest BCUT2D eigenvalue weighted by molar-refractivity contribution is -0.287. The van der Waals surface area contributed by atoms with Gasteiger partial charge < -0.3 is 15.0 Å². The topological polar surface area (TPSA) is 113 Å². The minimum Gasteiger partial charge on any atom is -0.366 e. The van der Waals surface area contributed by atoms with E-state index in [0.29, 0.717) is 36.5 Å². The average Bonchev–Trinajstić information content (AvgIpc) is 3.45. The summed E-state index contributed by atoms with van der Waals surface area (Å²) in [5.41, 5.74) is -0.103. The van der Waals surface area contributed by atoms with Crippen LogP contribution in [0.25, 0.3) is 11.4 Å². The highest BCUT2D eigenvalue weighted by molar-refractivity contribution is 5.94. The molecule has 3 aliphatic rings. The van der Waals surface area contributed by atoms with Crippen LogP contribution >= 0.6 is 0 Å². The van der Waals surface area contributed by atoms with Crippen molar-refractivity contribution in [1.82, 2.24) is 30.4 Å². The van der Waals surface area contributed by atoms with Gasteiger partial charge in [0.15, 0.2) is 11.3 Å². The van der Waals surface area contributed by atoms with Crippen molar-refractivity contribution < 1.29 is 27.5 Å². The first kappa shape index (κ1) is 26.6. The molecule has 9 nitrogen and oxygen atoms in total. The SMILES string of the molecule is CCO[C@]1(C(F)(F)F)CC[C@@H](NC(=O)[C@@H]2CCN(C(=O)c3cc(-c4cc(C)ncn4)[nH]n3)C3(CC3)C2)CC1. The maximum Gasteiger partial charge on any atom is 0.417 e. The third-order valence-corrected chi connectivity index (χ3v) is 8.30. The van der Waals surface area contributed by atoms with Gasteiger partial charge >= 0.3 is 6.18 Å². The molecule has 2 aliphatic carbocycles. The first-order chi connectivity index (χ1) is 18.1. The fourth-order valence-corrected chi connectivity index (χ4v) is 5.99. The summed E-state index contributed by atoms with van der Waals surface area (Å²) in [6.07, 6.45) is -0.168. The number of H-pyrrole nitrogens is 1. The molecule has 2 aromatic heterocycles. The normalized spacial score (nSPS) is 26.8. The van der Waals surface area contributed by atoms with Gasteiger partial charge in [-0.05, 0) is 77.3 Å². The van der Waals surface area contributed by atoms with Crippen LogP contribution in [0.3, 0.4) is 0 Å². The number of amides is 2. The molecule has 38 heavy (non-hydrogen) atoms. The molecule has 0 aromatic carbocycles. The Kier molecular flexibility index (Phi) is 6.95. The number of aromatic nitrogens is 4. The molecule has 1 aliphatic heterocycles. The molecule has 2 N–H and O–H groups in total. The largest absolute Gasteiger partial charge is 0.417 e. The Morgan fingerprint density at radius 1 is 1.16 bits per heavy atom. The first-order valence-electron chi connectivity index (χ1n) is 13.2. The molecule has 3 heterocycles. The van der Waals surface area contributed by atoms with Gasteiger partial charge in [-0.1, -0.05) is 0 Å². The predicted octanol–water partition coefficient (Wildman–Crippen LogP) is 3.96. The molecule has 1 saturated heterocycles. The van der Waals surface area contributed by atoms with Crippen LogP contribution in [0.2, 0.25) is 0 Å². The minimum atomic E-state index is -4.43. The molecule has 206 valence electrons.